The van der Waals surface area contributed by atoms with Crippen molar-refractivity contribution in [3.05, 3.63) is 156 Å². The Morgan fingerprint density at radius 3 is 0.684 bits per heavy atom. The number of benzene rings is 4. The van der Waals surface area contributed by atoms with E-state index in [2.05, 4.69) is 128 Å². The van der Waals surface area contributed by atoms with Gasteiger partial charge >= 0.3 is 0 Å². The molecule has 0 fully saturated rings. The summed E-state index contributed by atoms with van der Waals surface area (Å²) < 4.78 is 0. The summed E-state index contributed by atoms with van der Waals surface area (Å²) in [6.45, 7) is 20.6. The molecule has 0 unspecified atom stereocenters. The Bertz CT molecular complexity index is 1140. The summed E-state index contributed by atoms with van der Waals surface area (Å²) in [5.41, 5.74) is 10.8. The summed E-state index contributed by atoms with van der Waals surface area (Å²) >= 11 is 0. The molecule has 4 aromatic carbocycles. The minimum Gasteiger partial charge on any atom is -0.0905 e. The van der Waals surface area contributed by atoms with Gasteiger partial charge in [0.2, 0.25) is 0 Å². The molecule has 1 aliphatic rings. The lowest BCUT2D eigenvalue weighted by atomic mass is 9.89. The van der Waals surface area contributed by atoms with Crippen LogP contribution in [0.4, 0.5) is 0 Å². The monoisotopic (exact) mass is 502 g/mol. The molecule has 0 bridgehead atoms. The molecule has 4 aromatic rings. The van der Waals surface area contributed by atoms with E-state index in [0.29, 0.717) is 0 Å². The third-order valence-electron chi connectivity index (χ3n) is 5.60. The Morgan fingerprint density at radius 2 is 0.474 bits per heavy atom. The average molecular weight is 503 g/mol. The normalized spacial score (nSPS) is 11.5. The molecule has 1 aliphatic carbocycles. The minimum atomic E-state index is 1.07. The number of hydrogen-bond acceptors (Lipinski definition) is 0. The first-order valence-electron chi connectivity index (χ1n) is 14.2. The van der Waals surface area contributed by atoms with Crippen molar-refractivity contribution in [3.8, 4) is 0 Å². The molecular weight excluding hydrogens is 456 g/mol. The lowest BCUT2D eigenvalue weighted by Gasteiger charge is -2.14. The number of hydrogen-bond donors (Lipinski definition) is 0. The van der Waals surface area contributed by atoms with Gasteiger partial charge in [-0.15, -0.1) is 0 Å². The maximum atomic E-state index is 4.61. The van der Waals surface area contributed by atoms with Crippen LogP contribution in [0.3, 0.4) is 0 Å². The van der Waals surface area contributed by atoms with Crippen LogP contribution in [0.25, 0.3) is 22.3 Å². The predicted molar refractivity (Wildman–Crippen MR) is 174 cm³/mol. The van der Waals surface area contributed by atoms with Gasteiger partial charge in [0.25, 0.3) is 0 Å². The largest absolute Gasteiger partial charge is 0.0905 e. The highest BCUT2D eigenvalue weighted by molar-refractivity contribution is 6.34. The molecule has 0 saturated carbocycles. The van der Waals surface area contributed by atoms with E-state index in [0.717, 1.165) is 5.57 Å². The van der Waals surface area contributed by atoms with Gasteiger partial charge in [-0.2, -0.15) is 0 Å². The van der Waals surface area contributed by atoms with Crippen molar-refractivity contribution in [1.29, 1.82) is 0 Å². The quantitative estimate of drug-likeness (QED) is 0.260. The maximum Gasteiger partial charge on any atom is -0.00143 e. The van der Waals surface area contributed by atoms with E-state index in [1.165, 1.54) is 44.5 Å². The maximum absolute atomic E-state index is 4.61. The SMILES string of the molecule is C=C1C(c2ccccc2)=C(c2ccccc2)C(c2ccccc2)=C1c1ccccc1.CC.CC.CC.CC. The van der Waals surface area contributed by atoms with Gasteiger partial charge in [0.05, 0.1) is 0 Å². The summed E-state index contributed by atoms with van der Waals surface area (Å²) in [5, 5.41) is 0. The van der Waals surface area contributed by atoms with E-state index in [-0.39, 0.29) is 0 Å². The average Bonchev–Trinajstić information content (AvgIpc) is 3.35. The van der Waals surface area contributed by atoms with Crippen LogP contribution in [0.15, 0.2) is 133 Å². The zero-order valence-corrected chi connectivity index (χ0v) is 24.8. The van der Waals surface area contributed by atoms with Crippen LogP contribution in [-0.4, -0.2) is 0 Å². The Morgan fingerprint density at radius 1 is 0.289 bits per heavy atom. The molecule has 198 valence electrons. The Hall–Kier alpha value is -3.90. The predicted octanol–water partition coefficient (Wildman–Crippen LogP) is 11.9. The summed E-state index contributed by atoms with van der Waals surface area (Å²) in [7, 11) is 0. The van der Waals surface area contributed by atoms with Crippen molar-refractivity contribution in [2.75, 3.05) is 0 Å². The molecule has 5 rings (SSSR count). The van der Waals surface area contributed by atoms with Crippen molar-refractivity contribution in [1.82, 2.24) is 0 Å². The van der Waals surface area contributed by atoms with Crippen molar-refractivity contribution in [2.45, 2.75) is 55.4 Å². The van der Waals surface area contributed by atoms with Gasteiger partial charge in [-0.05, 0) is 50.1 Å². The molecule has 0 amide bonds. The van der Waals surface area contributed by atoms with Gasteiger partial charge in [0.1, 0.15) is 0 Å². The third-order valence-corrected chi connectivity index (χ3v) is 5.60. The fourth-order valence-electron chi connectivity index (χ4n) is 4.31. The second-order valence-electron chi connectivity index (χ2n) is 7.44. The Labute approximate surface area is 233 Å². The Balaban J connectivity index is 0.000000829. The molecule has 0 saturated heterocycles. The molecule has 0 aliphatic heterocycles. The lowest BCUT2D eigenvalue weighted by Crippen LogP contribution is -1.92. The summed E-state index contributed by atoms with van der Waals surface area (Å²) in [6.07, 6.45) is 0. The molecule has 38 heavy (non-hydrogen) atoms. The van der Waals surface area contributed by atoms with E-state index < -0.39 is 0 Å². The van der Waals surface area contributed by atoms with Crippen molar-refractivity contribution >= 4 is 22.3 Å². The first-order valence-corrected chi connectivity index (χ1v) is 14.2. The zero-order valence-electron chi connectivity index (χ0n) is 24.8. The second-order valence-corrected chi connectivity index (χ2v) is 7.44. The molecule has 0 heteroatoms. The van der Waals surface area contributed by atoms with Gasteiger partial charge in [-0.3, -0.25) is 0 Å². The molecular formula is C38H46. The fraction of sp³-hybridized carbons (Fsp3) is 0.211. The molecule has 0 nitrogen and oxygen atoms in total. The van der Waals surface area contributed by atoms with Crippen LogP contribution in [0, 0.1) is 0 Å². The van der Waals surface area contributed by atoms with Gasteiger partial charge in [-0.25, -0.2) is 0 Å². The van der Waals surface area contributed by atoms with Crippen LogP contribution in [0.1, 0.15) is 77.6 Å². The summed E-state index contributed by atoms with van der Waals surface area (Å²) in [4.78, 5) is 0. The van der Waals surface area contributed by atoms with Crippen molar-refractivity contribution in [2.24, 2.45) is 0 Å². The van der Waals surface area contributed by atoms with E-state index >= 15 is 0 Å². The van der Waals surface area contributed by atoms with Crippen molar-refractivity contribution < 1.29 is 0 Å². The number of allylic oxidation sites excluding steroid dienone is 5. The van der Waals surface area contributed by atoms with E-state index in [1.54, 1.807) is 0 Å². The first kappa shape index (κ1) is 32.1. The highest BCUT2D eigenvalue weighted by Gasteiger charge is 2.31. The topological polar surface area (TPSA) is 0 Å². The van der Waals surface area contributed by atoms with Crippen LogP contribution in [0.5, 0.6) is 0 Å². The zero-order chi connectivity index (χ0) is 28.3. The van der Waals surface area contributed by atoms with Gasteiger partial charge in [0.15, 0.2) is 0 Å². The molecule has 0 aromatic heterocycles. The van der Waals surface area contributed by atoms with Crippen molar-refractivity contribution in [3.63, 3.8) is 0 Å². The van der Waals surface area contributed by atoms with Crippen LogP contribution in [0.2, 0.25) is 0 Å². The Kier molecular flexibility index (Phi) is 15.5. The highest BCUT2D eigenvalue weighted by Crippen LogP contribution is 2.53. The smallest absolute Gasteiger partial charge is 0.00143 e. The first-order chi connectivity index (χ1) is 18.8. The van der Waals surface area contributed by atoms with E-state index in [9.17, 15) is 0 Å². The van der Waals surface area contributed by atoms with E-state index in [1.807, 2.05) is 55.4 Å². The molecule has 0 spiro atoms. The van der Waals surface area contributed by atoms with Gasteiger partial charge in [0, 0.05) is 0 Å². The van der Waals surface area contributed by atoms with E-state index in [4.69, 9.17) is 0 Å². The van der Waals surface area contributed by atoms with Gasteiger partial charge < -0.3 is 0 Å². The molecule has 0 heterocycles. The lowest BCUT2D eigenvalue weighted by molar-refractivity contribution is 1.50. The standard InChI is InChI=1S/C30H22.4C2H6/c1-22-27(23-14-6-2-7-15-23)29(25-18-10-4-11-19-25)30(26-20-12-5-13-21-26)28(22)24-16-8-3-9-17-24;4*1-2/h2-21H,1H2;4*1-2H3. The second kappa shape index (κ2) is 18.4. The molecule has 0 radical (unpaired) electrons. The number of rotatable bonds is 4. The van der Waals surface area contributed by atoms with Crippen LogP contribution >= 0.6 is 0 Å². The highest BCUT2D eigenvalue weighted by atomic mass is 14.3. The molecule has 0 atom stereocenters. The third kappa shape index (κ3) is 7.56. The fourth-order valence-corrected chi connectivity index (χ4v) is 4.31. The summed E-state index contributed by atoms with van der Waals surface area (Å²) in [6, 6.07) is 42.6. The van der Waals surface area contributed by atoms with Crippen LogP contribution in [-0.2, 0) is 0 Å². The minimum absolute atomic E-state index is 1.07. The van der Waals surface area contributed by atoms with Crippen LogP contribution < -0.4 is 0 Å². The summed E-state index contributed by atoms with van der Waals surface area (Å²) in [5.74, 6) is 0. The van der Waals surface area contributed by atoms with Gasteiger partial charge in [-0.1, -0.05) is 183 Å². The molecule has 0 N–H and O–H groups in total.